The molecule has 0 fully saturated rings. The first-order chi connectivity index (χ1) is 16.0. The van der Waals surface area contributed by atoms with Crippen LogP contribution in [0.4, 0.5) is 5.13 Å². The number of hydrogen-bond acceptors (Lipinski definition) is 9. The van der Waals surface area contributed by atoms with Gasteiger partial charge in [-0.05, 0) is 19.6 Å². The molecule has 0 unspecified atom stereocenters. The van der Waals surface area contributed by atoms with Crippen LogP contribution in [0.1, 0.15) is 18.1 Å². The zero-order chi connectivity index (χ0) is 23.2. The summed E-state index contributed by atoms with van der Waals surface area (Å²) >= 11 is 4.20. The maximum atomic E-state index is 12.4. The maximum absolute atomic E-state index is 12.4. The molecule has 0 spiro atoms. The average Bonchev–Trinajstić information content (AvgIpc) is 3.26. The summed E-state index contributed by atoms with van der Waals surface area (Å²) in [5, 5.41) is 20.5. The highest BCUT2D eigenvalue weighted by Crippen LogP contribution is 2.30. The second kappa shape index (κ2) is 10.9. The van der Waals surface area contributed by atoms with Crippen LogP contribution in [0.2, 0.25) is 0 Å². The first-order valence-electron chi connectivity index (χ1n) is 10.3. The Hall–Kier alpha value is -2.82. The second-order valence-electron chi connectivity index (χ2n) is 7.17. The highest BCUT2D eigenvalue weighted by Gasteiger charge is 2.15. The normalized spacial score (nSPS) is 10.9. The number of anilines is 1. The molecule has 168 valence electrons. The Morgan fingerprint density at radius 2 is 1.48 bits per heavy atom. The van der Waals surface area contributed by atoms with Crippen LogP contribution in [0.15, 0.2) is 58.0 Å². The summed E-state index contributed by atoms with van der Waals surface area (Å²) in [6.45, 7) is 6.14. The lowest BCUT2D eigenvalue weighted by Crippen LogP contribution is -2.14. The minimum Gasteiger partial charge on any atom is -0.300 e. The van der Waals surface area contributed by atoms with Crippen LogP contribution < -0.4 is 5.32 Å². The summed E-state index contributed by atoms with van der Waals surface area (Å²) in [5.74, 6) is 0.867. The Kier molecular flexibility index (Phi) is 7.69. The van der Waals surface area contributed by atoms with E-state index in [-0.39, 0.29) is 11.7 Å². The first kappa shape index (κ1) is 23.3. The number of nitrogens with one attached hydrogen (secondary N) is 1. The van der Waals surface area contributed by atoms with Crippen molar-refractivity contribution >= 4 is 45.9 Å². The van der Waals surface area contributed by atoms with Gasteiger partial charge in [0.05, 0.1) is 5.75 Å². The third-order valence-corrected chi connectivity index (χ3v) is 7.26. The molecule has 0 bridgehead atoms. The second-order valence-corrected chi connectivity index (χ2v) is 10.6. The zero-order valence-electron chi connectivity index (χ0n) is 18.4. The van der Waals surface area contributed by atoms with E-state index in [0.717, 1.165) is 26.9 Å². The van der Waals surface area contributed by atoms with Gasteiger partial charge in [-0.1, -0.05) is 101 Å². The van der Waals surface area contributed by atoms with E-state index in [2.05, 4.69) is 25.7 Å². The van der Waals surface area contributed by atoms with Crippen molar-refractivity contribution in [2.24, 2.45) is 0 Å². The third kappa shape index (κ3) is 6.16. The fourth-order valence-corrected chi connectivity index (χ4v) is 5.17. The summed E-state index contributed by atoms with van der Waals surface area (Å²) in [6.07, 6.45) is 0. The van der Waals surface area contributed by atoms with Gasteiger partial charge >= 0.3 is 0 Å². The van der Waals surface area contributed by atoms with Gasteiger partial charge in [0.25, 0.3) is 0 Å². The molecule has 2 aromatic carbocycles. The largest absolute Gasteiger partial charge is 0.300 e. The third-order valence-electron chi connectivity index (χ3n) is 4.57. The number of hydrogen-bond donors (Lipinski definition) is 1. The lowest BCUT2D eigenvalue weighted by atomic mass is 10.0. The van der Waals surface area contributed by atoms with E-state index < -0.39 is 0 Å². The molecule has 4 aromatic rings. The predicted octanol–water partition coefficient (Wildman–Crippen LogP) is 5.52. The Bertz CT molecular complexity index is 1240. The molecular formula is C23H22N6OS3. The van der Waals surface area contributed by atoms with Crippen LogP contribution in [0.25, 0.3) is 22.5 Å². The fourth-order valence-electron chi connectivity index (χ4n) is 2.92. The molecule has 0 saturated carbocycles. The molecule has 0 radical (unpaired) electrons. The van der Waals surface area contributed by atoms with Crippen LogP contribution in [0, 0.1) is 13.8 Å². The number of benzene rings is 2. The Morgan fingerprint density at radius 3 is 2.12 bits per heavy atom. The average molecular weight is 495 g/mol. The van der Waals surface area contributed by atoms with Crippen molar-refractivity contribution in [1.82, 2.24) is 25.4 Å². The highest BCUT2D eigenvalue weighted by molar-refractivity contribution is 8.01. The van der Waals surface area contributed by atoms with E-state index in [9.17, 15) is 4.79 Å². The highest BCUT2D eigenvalue weighted by atomic mass is 32.2. The number of rotatable bonds is 8. The van der Waals surface area contributed by atoms with Crippen LogP contribution in [0.5, 0.6) is 0 Å². The van der Waals surface area contributed by atoms with Crippen molar-refractivity contribution in [3.8, 4) is 22.5 Å². The van der Waals surface area contributed by atoms with Gasteiger partial charge in [-0.3, -0.25) is 10.1 Å². The quantitative estimate of drug-likeness (QED) is 0.253. The van der Waals surface area contributed by atoms with Crippen molar-refractivity contribution in [2.45, 2.75) is 30.3 Å². The van der Waals surface area contributed by atoms with Gasteiger partial charge in [0.1, 0.15) is 11.4 Å². The molecule has 2 heterocycles. The monoisotopic (exact) mass is 494 g/mol. The minimum atomic E-state index is -0.188. The summed E-state index contributed by atoms with van der Waals surface area (Å²) < 4.78 is 0.836. The number of carbonyl (C=O) groups is 1. The van der Waals surface area contributed by atoms with Gasteiger partial charge < -0.3 is 0 Å². The Labute approximate surface area is 204 Å². The molecule has 0 atom stereocenters. The number of nitrogens with zero attached hydrogens (tertiary/aromatic N) is 5. The van der Waals surface area contributed by atoms with Gasteiger partial charge in [-0.15, -0.1) is 20.4 Å². The standard InChI is InChI=1S/C23H22N6OS3/c1-4-31-23-29-28-22(33-23)24-18(30)13-32-21-25-19(16-9-5-14(2)6-10-16)20(26-27-21)17-11-7-15(3)8-12-17/h5-12H,4,13H2,1-3H3,(H,24,28,30). The molecule has 7 nitrogen and oxygen atoms in total. The summed E-state index contributed by atoms with van der Waals surface area (Å²) in [5.41, 5.74) is 5.69. The van der Waals surface area contributed by atoms with Crippen LogP contribution in [-0.4, -0.2) is 42.8 Å². The molecule has 4 rings (SSSR count). The predicted molar refractivity (Wildman–Crippen MR) is 136 cm³/mol. The van der Waals surface area contributed by atoms with E-state index in [4.69, 9.17) is 4.98 Å². The summed E-state index contributed by atoms with van der Waals surface area (Å²) in [4.78, 5) is 17.1. The van der Waals surface area contributed by atoms with Gasteiger partial charge in [0.2, 0.25) is 16.2 Å². The van der Waals surface area contributed by atoms with Gasteiger partial charge in [-0.2, -0.15) is 0 Å². The van der Waals surface area contributed by atoms with E-state index in [1.165, 1.54) is 34.2 Å². The number of thioether (sulfide) groups is 2. The Morgan fingerprint density at radius 1 is 0.848 bits per heavy atom. The topological polar surface area (TPSA) is 93.6 Å². The summed E-state index contributed by atoms with van der Waals surface area (Å²) in [7, 11) is 0. The number of carbonyl (C=O) groups excluding carboxylic acids is 1. The Balaban J connectivity index is 1.53. The van der Waals surface area contributed by atoms with Gasteiger partial charge in [-0.25, -0.2) is 4.98 Å². The lowest BCUT2D eigenvalue weighted by molar-refractivity contribution is -0.113. The molecule has 0 aliphatic rings. The SMILES string of the molecule is CCSc1nnc(NC(=O)CSc2nnc(-c3ccc(C)cc3)c(-c3ccc(C)cc3)n2)s1. The van der Waals surface area contributed by atoms with Gasteiger partial charge in [0.15, 0.2) is 4.34 Å². The van der Waals surface area contributed by atoms with Gasteiger partial charge in [0, 0.05) is 11.1 Å². The molecule has 1 amide bonds. The van der Waals surface area contributed by atoms with E-state index in [1.807, 2.05) is 69.3 Å². The molecule has 2 aromatic heterocycles. The van der Waals surface area contributed by atoms with Crippen molar-refractivity contribution in [1.29, 1.82) is 0 Å². The van der Waals surface area contributed by atoms with Crippen molar-refractivity contribution in [3.05, 3.63) is 59.7 Å². The number of aromatic nitrogens is 5. The van der Waals surface area contributed by atoms with Crippen LogP contribution in [0.3, 0.4) is 0 Å². The zero-order valence-corrected chi connectivity index (χ0v) is 20.9. The maximum Gasteiger partial charge on any atom is 0.236 e. The number of aryl methyl sites for hydroxylation is 2. The molecule has 33 heavy (non-hydrogen) atoms. The number of amides is 1. The van der Waals surface area contributed by atoms with Crippen molar-refractivity contribution in [3.63, 3.8) is 0 Å². The smallest absolute Gasteiger partial charge is 0.236 e. The van der Waals surface area contributed by atoms with E-state index in [0.29, 0.717) is 16.0 Å². The molecule has 0 saturated heterocycles. The summed E-state index contributed by atoms with van der Waals surface area (Å²) in [6, 6.07) is 16.3. The van der Waals surface area contributed by atoms with Crippen LogP contribution in [-0.2, 0) is 4.79 Å². The fraction of sp³-hybridized carbons (Fsp3) is 0.217. The molecule has 0 aliphatic heterocycles. The molecule has 10 heteroatoms. The van der Waals surface area contributed by atoms with Crippen molar-refractivity contribution in [2.75, 3.05) is 16.8 Å². The van der Waals surface area contributed by atoms with E-state index in [1.54, 1.807) is 11.8 Å². The molecule has 0 aliphatic carbocycles. The van der Waals surface area contributed by atoms with Crippen LogP contribution >= 0.6 is 34.9 Å². The first-order valence-corrected chi connectivity index (χ1v) is 13.1. The molecule has 1 N–H and O–H groups in total. The lowest BCUT2D eigenvalue weighted by Gasteiger charge is -2.10. The van der Waals surface area contributed by atoms with E-state index >= 15 is 0 Å². The minimum absolute atomic E-state index is 0.148. The van der Waals surface area contributed by atoms with Crippen molar-refractivity contribution < 1.29 is 4.79 Å². The molecular weight excluding hydrogens is 472 g/mol.